The van der Waals surface area contributed by atoms with Crippen LogP contribution in [0.1, 0.15) is 19.8 Å². The first-order valence-corrected chi connectivity index (χ1v) is 5.76. The van der Waals surface area contributed by atoms with Crippen LogP contribution in [0, 0.1) is 5.92 Å². The van der Waals surface area contributed by atoms with E-state index in [-0.39, 0.29) is 35.9 Å². The van der Waals surface area contributed by atoms with E-state index < -0.39 is 0 Å². The third kappa shape index (κ3) is 4.69. The summed E-state index contributed by atoms with van der Waals surface area (Å²) in [6.45, 7) is 4.63. The molecule has 0 unspecified atom stereocenters. The van der Waals surface area contributed by atoms with Crippen LogP contribution in [0.2, 0.25) is 0 Å². The summed E-state index contributed by atoms with van der Waals surface area (Å²) in [5.74, 6) is 0.893. The number of aliphatic imine (C=N–C) groups is 1. The van der Waals surface area contributed by atoms with Gasteiger partial charge in [-0.3, -0.25) is 9.79 Å². The third-order valence-electron chi connectivity index (χ3n) is 2.88. The minimum absolute atomic E-state index is 0. The van der Waals surface area contributed by atoms with E-state index in [4.69, 9.17) is 4.74 Å². The summed E-state index contributed by atoms with van der Waals surface area (Å²) >= 11 is 0. The van der Waals surface area contributed by atoms with Crippen LogP contribution in [-0.2, 0) is 9.53 Å². The van der Waals surface area contributed by atoms with Crippen LogP contribution >= 0.6 is 24.0 Å². The fourth-order valence-electron chi connectivity index (χ4n) is 1.98. The second kappa shape index (κ2) is 8.54. The molecule has 1 heterocycles. The highest BCUT2D eigenvalue weighted by Gasteiger charge is 2.26. The second-order valence-electron chi connectivity index (χ2n) is 3.86. The Balaban J connectivity index is 0.00000256. The number of hydrogen-bond acceptors (Lipinski definition) is 3. The Labute approximate surface area is 120 Å². The van der Waals surface area contributed by atoms with E-state index in [1.165, 1.54) is 7.11 Å². The van der Waals surface area contributed by atoms with Crippen molar-refractivity contribution in [1.82, 2.24) is 10.2 Å². The highest BCUT2D eigenvalue weighted by molar-refractivity contribution is 14.0. The van der Waals surface area contributed by atoms with Crippen molar-refractivity contribution in [3.8, 4) is 0 Å². The Morgan fingerprint density at radius 2 is 2.06 bits per heavy atom. The topological polar surface area (TPSA) is 53.9 Å². The maximum atomic E-state index is 11.4. The van der Waals surface area contributed by atoms with E-state index in [0.717, 1.165) is 38.4 Å². The number of hydrogen-bond donors (Lipinski definition) is 1. The molecule has 0 bridgehead atoms. The van der Waals surface area contributed by atoms with Gasteiger partial charge >= 0.3 is 5.97 Å². The van der Waals surface area contributed by atoms with Crippen molar-refractivity contribution < 1.29 is 9.53 Å². The fraction of sp³-hybridized carbons (Fsp3) is 0.818. The molecule has 0 aliphatic carbocycles. The molecule has 0 atom stereocenters. The lowest BCUT2D eigenvalue weighted by Gasteiger charge is -2.32. The number of nitrogens with one attached hydrogen (secondary N) is 1. The Kier molecular flexibility index (Phi) is 8.28. The molecule has 0 radical (unpaired) electrons. The molecule has 1 N–H and O–H groups in total. The predicted octanol–water partition coefficient (Wildman–Crippen LogP) is 1.08. The molecule has 1 saturated heterocycles. The maximum Gasteiger partial charge on any atom is 0.308 e. The molecule has 1 aliphatic rings. The zero-order valence-electron chi connectivity index (χ0n) is 10.7. The highest BCUT2D eigenvalue weighted by Crippen LogP contribution is 2.18. The molecule has 0 aromatic carbocycles. The molecule has 1 aliphatic heterocycles. The van der Waals surface area contributed by atoms with Crippen LogP contribution in [0.3, 0.4) is 0 Å². The summed E-state index contributed by atoms with van der Waals surface area (Å²) < 4.78 is 4.76. The Bertz CT molecular complexity index is 263. The molecular weight excluding hydrogens is 333 g/mol. The number of rotatable bonds is 2. The minimum Gasteiger partial charge on any atom is -0.469 e. The summed E-state index contributed by atoms with van der Waals surface area (Å²) in [5.41, 5.74) is 0. The first-order chi connectivity index (χ1) is 7.72. The van der Waals surface area contributed by atoms with Crippen molar-refractivity contribution in [2.24, 2.45) is 10.9 Å². The van der Waals surface area contributed by atoms with Gasteiger partial charge in [-0.2, -0.15) is 0 Å². The molecule has 1 rings (SSSR count). The highest BCUT2D eigenvalue weighted by atomic mass is 127. The molecule has 0 amide bonds. The number of nitrogens with zero attached hydrogens (tertiary/aromatic N) is 2. The Morgan fingerprint density at radius 1 is 1.47 bits per heavy atom. The van der Waals surface area contributed by atoms with E-state index in [9.17, 15) is 4.79 Å². The minimum atomic E-state index is -0.0851. The Morgan fingerprint density at radius 3 is 2.47 bits per heavy atom. The van der Waals surface area contributed by atoms with E-state index in [1.54, 1.807) is 7.05 Å². The molecule has 0 aromatic rings. The number of carbonyl (C=O) groups is 1. The van der Waals surface area contributed by atoms with Crippen LogP contribution in [0.25, 0.3) is 0 Å². The summed E-state index contributed by atoms with van der Waals surface area (Å²) in [6.07, 6.45) is 1.69. The van der Waals surface area contributed by atoms with Crippen LogP contribution in [-0.4, -0.2) is 50.6 Å². The van der Waals surface area contributed by atoms with E-state index in [0.29, 0.717) is 0 Å². The SMILES string of the molecule is CCNC(=NC)N1CCC(C(=O)OC)CC1.I. The quantitative estimate of drug-likeness (QED) is 0.349. The van der Waals surface area contributed by atoms with Gasteiger partial charge in [0.2, 0.25) is 0 Å². The summed E-state index contributed by atoms with van der Waals surface area (Å²) in [5, 5.41) is 3.22. The predicted molar refractivity (Wildman–Crippen MR) is 78.8 cm³/mol. The van der Waals surface area contributed by atoms with E-state index in [1.807, 2.05) is 6.92 Å². The number of piperidine rings is 1. The second-order valence-corrected chi connectivity index (χ2v) is 3.86. The number of likely N-dealkylation sites (tertiary alicyclic amines) is 1. The standard InChI is InChI=1S/C11H21N3O2.HI/c1-4-13-11(12-2)14-7-5-9(6-8-14)10(15)16-3;/h9H,4-8H2,1-3H3,(H,12,13);1H. The van der Waals surface area contributed by atoms with Crippen molar-refractivity contribution in [1.29, 1.82) is 0 Å². The molecular formula is C11H22IN3O2. The molecule has 6 heteroatoms. The number of halogens is 1. The van der Waals surface area contributed by atoms with Crippen LogP contribution in [0.15, 0.2) is 4.99 Å². The van der Waals surface area contributed by atoms with Gasteiger partial charge in [0.1, 0.15) is 0 Å². The first kappa shape index (κ1) is 16.5. The van der Waals surface area contributed by atoms with Crippen LogP contribution in [0.5, 0.6) is 0 Å². The van der Waals surface area contributed by atoms with Gasteiger partial charge < -0.3 is 15.0 Å². The lowest BCUT2D eigenvalue weighted by atomic mass is 9.97. The number of guanidine groups is 1. The van der Waals surface area contributed by atoms with Crippen molar-refractivity contribution >= 4 is 35.9 Å². The molecule has 17 heavy (non-hydrogen) atoms. The monoisotopic (exact) mass is 355 g/mol. The zero-order chi connectivity index (χ0) is 12.0. The van der Waals surface area contributed by atoms with Gasteiger partial charge in [-0.05, 0) is 19.8 Å². The lowest BCUT2D eigenvalue weighted by molar-refractivity contribution is -0.146. The molecule has 0 aromatic heterocycles. The molecule has 0 saturated carbocycles. The lowest BCUT2D eigenvalue weighted by Crippen LogP contribution is -2.46. The van der Waals surface area contributed by atoms with Crippen molar-refractivity contribution in [2.45, 2.75) is 19.8 Å². The largest absolute Gasteiger partial charge is 0.469 e. The molecule has 5 nitrogen and oxygen atoms in total. The summed E-state index contributed by atoms with van der Waals surface area (Å²) in [4.78, 5) is 17.7. The number of methoxy groups -OCH3 is 1. The van der Waals surface area contributed by atoms with Gasteiger partial charge in [-0.25, -0.2) is 0 Å². The van der Waals surface area contributed by atoms with Crippen molar-refractivity contribution in [2.75, 3.05) is 33.8 Å². The zero-order valence-corrected chi connectivity index (χ0v) is 13.1. The number of ether oxygens (including phenoxy) is 1. The van der Waals surface area contributed by atoms with Gasteiger partial charge in [0, 0.05) is 26.7 Å². The average Bonchev–Trinajstić information content (AvgIpc) is 2.35. The van der Waals surface area contributed by atoms with E-state index >= 15 is 0 Å². The molecule has 100 valence electrons. The smallest absolute Gasteiger partial charge is 0.308 e. The summed E-state index contributed by atoms with van der Waals surface area (Å²) in [6, 6.07) is 0. The molecule has 0 spiro atoms. The third-order valence-corrected chi connectivity index (χ3v) is 2.88. The van der Waals surface area contributed by atoms with Crippen LogP contribution in [0.4, 0.5) is 0 Å². The Hall–Kier alpha value is -0.530. The normalized spacial score (nSPS) is 17.4. The van der Waals surface area contributed by atoms with Crippen molar-refractivity contribution in [3.05, 3.63) is 0 Å². The van der Waals surface area contributed by atoms with Gasteiger partial charge in [0.15, 0.2) is 5.96 Å². The van der Waals surface area contributed by atoms with Crippen LogP contribution < -0.4 is 5.32 Å². The maximum absolute atomic E-state index is 11.4. The van der Waals surface area contributed by atoms with Crippen molar-refractivity contribution in [3.63, 3.8) is 0 Å². The number of esters is 1. The number of carbonyl (C=O) groups excluding carboxylic acids is 1. The van der Waals surface area contributed by atoms with Gasteiger partial charge in [0.05, 0.1) is 13.0 Å². The fourth-order valence-corrected chi connectivity index (χ4v) is 1.98. The summed E-state index contributed by atoms with van der Waals surface area (Å²) in [7, 11) is 3.23. The van der Waals surface area contributed by atoms with Gasteiger partial charge in [-0.15, -0.1) is 24.0 Å². The first-order valence-electron chi connectivity index (χ1n) is 5.76. The van der Waals surface area contributed by atoms with E-state index in [2.05, 4.69) is 15.2 Å². The van der Waals surface area contributed by atoms with Gasteiger partial charge in [0.25, 0.3) is 0 Å². The van der Waals surface area contributed by atoms with Gasteiger partial charge in [-0.1, -0.05) is 0 Å². The molecule has 1 fully saturated rings. The average molecular weight is 355 g/mol.